The Labute approximate surface area is 131 Å². The molecule has 22 heavy (non-hydrogen) atoms. The van der Waals surface area contributed by atoms with Crippen LogP contribution < -0.4 is 11.1 Å². The lowest BCUT2D eigenvalue weighted by molar-refractivity contribution is -0.120. The Balaban J connectivity index is 1.81. The van der Waals surface area contributed by atoms with Gasteiger partial charge in [0, 0.05) is 0 Å². The van der Waals surface area contributed by atoms with Crippen molar-refractivity contribution in [3.8, 4) is 0 Å². The van der Waals surface area contributed by atoms with Crippen LogP contribution in [0.1, 0.15) is 34.7 Å². The van der Waals surface area contributed by atoms with Crippen molar-refractivity contribution in [2.75, 3.05) is 6.54 Å². The van der Waals surface area contributed by atoms with E-state index >= 15 is 0 Å². The molecule has 1 amide bonds. The summed E-state index contributed by atoms with van der Waals surface area (Å²) in [6, 6.07) is 16.6. The van der Waals surface area contributed by atoms with E-state index in [1.807, 2.05) is 6.07 Å². The minimum Gasteiger partial charge on any atom is -0.368 e. The summed E-state index contributed by atoms with van der Waals surface area (Å²) in [7, 11) is 0. The van der Waals surface area contributed by atoms with E-state index in [2.05, 4.69) is 47.8 Å². The number of carbonyl (C=O) groups is 1. The van der Waals surface area contributed by atoms with Crippen molar-refractivity contribution in [1.82, 2.24) is 5.32 Å². The van der Waals surface area contributed by atoms with Gasteiger partial charge in [0.2, 0.25) is 5.91 Å². The van der Waals surface area contributed by atoms with Gasteiger partial charge in [0.1, 0.15) is 6.04 Å². The predicted octanol–water partition coefficient (Wildman–Crippen LogP) is 2.53. The third-order valence-electron chi connectivity index (χ3n) is 4.32. The van der Waals surface area contributed by atoms with Gasteiger partial charge in [0.15, 0.2) is 0 Å². The Kier molecular flexibility index (Phi) is 4.54. The summed E-state index contributed by atoms with van der Waals surface area (Å²) in [5, 5.41) is 3.26. The van der Waals surface area contributed by atoms with Crippen LogP contribution in [-0.4, -0.2) is 12.5 Å². The lowest BCUT2D eigenvalue weighted by Gasteiger charge is -2.16. The van der Waals surface area contributed by atoms with E-state index in [-0.39, 0.29) is 11.9 Å². The average Bonchev–Trinajstić information content (AvgIpc) is 2.76. The zero-order valence-corrected chi connectivity index (χ0v) is 12.7. The van der Waals surface area contributed by atoms with Crippen molar-refractivity contribution in [3.05, 3.63) is 70.8 Å². The normalized spacial score (nSPS) is 17.5. The summed E-state index contributed by atoms with van der Waals surface area (Å²) in [4.78, 5) is 11.7. The molecular formula is C19H22N2O. The van der Waals surface area contributed by atoms with Gasteiger partial charge >= 0.3 is 0 Å². The highest BCUT2D eigenvalue weighted by Crippen LogP contribution is 2.24. The molecule has 0 bridgehead atoms. The first kappa shape index (κ1) is 14.8. The van der Waals surface area contributed by atoms with Crippen LogP contribution in [0, 0.1) is 0 Å². The topological polar surface area (TPSA) is 55.1 Å². The van der Waals surface area contributed by atoms with Gasteiger partial charge in [-0.1, -0.05) is 48.5 Å². The zero-order valence-electron chi connectivity index (χ0n) is 12.7. The molecule has 1 aliphatic rings. The third kappa shape index (κ3) is 3.37. The van der Waals surface area contributed by atoms with E-state index in [1.54, 1.807) is 0 Å². The van der Waals surface area contributed by atoms with Crippen molar-refractivity contribution in [3.63, 3.8) is 0 Å². The van der Waals surface area contributed by atoms with Crippen molar-refractivity contribution >= 4 is 5.91 Å². The Hall–Kier alpha value is -2.13. The number of hydrogen-bond acceptors (Lipinski definition) is 2. The molecule has 0 aliphatic carbocycles. The number of nitrogens with one attached hydrogen (secondary N) is 1. The fourth-order valence-electron chi connectivity index (χ4n) is 3.12. The van der Waals surface area contributed by atoms with Gasteiger partial charge in [-0.2, -0.15) is 0 Å². The van der Waals surface area contributed by atoms with E-state index < -0.39 is 0 Å². The minimum atomic E-state index is -0.353. The molecule has 0 saturated carbocycles. The fraction of sp³-hybridized carbons (Fsp3) is 0.316. The molecule has 0 saturated heterocycles. The maximum atomic E-state index is 11.7. The molecule has 3 heteroatoms. The number of aryl methyl sites for hydroxylation is 3. The van der Waals surface area contributed by atoms with Crippen LogP contribution in [-0.2, 0) is 24.1 Å². The molecule has 0 aromatic heterocycles. The molecule has 0 fully saturated rings. The molecule has 1 aliphatic heterocycles. The van der Waals surface area contributed by atoms with E-state index in [1.165, 1.54) is 16.7 Å². The van der Waals surface area contributed by atoms with Crippen LogP contribution >= 0.6 is 0 Å². The van der Waals surface area contributed by atoms with Crippen LogP contribution in [0.2, 0.25) is 0 Å². The number of benzene rings is 2. The SMILES string of the molecule is NC(=O)C1NCCCc2ccc(CCc3ccccc3)cc21. The van der Waals surface area contributed by atoms with Crippen molar-refractivity contribution in [1.29, 1.82) is 0 Å². The average molecular weight is 294 g/mol. The lowest BCUT2D eigenvalue weighted by atomic mass is 9.94. The van der Waals surface area contributed by atoms with Gasteiger partial charge in [0.25, 0.3) is 0 Å². The van der Waals surface area contributed by atoms with E-state index in [0.29, 0.717) is 0 Å². The van der Waals surface area contributed by atoms with Crippen LogP contribution in [0.5, 0.6) is 0 Å². The Morgan fingerprint density at radius 3 is 2.64 bits per heavy atom. The monoisotopic (exact) mass is 294 g/mol. The predicted molar refractivity (Wildman–Crippen MR) is 88.6 cm³/mol. The number of primary amides is 1. The van der Waals surface area contributed by atoms with Crippen LogP contribution in [0.25, 0.3) is 0 Å². The maximum absolute atomic E-state index is 11.7. The van der Waals surface area contributed by atoms with Crippen molar-refractivity contribution in [2.24, 2.45) is 5.73 Å². The second-order valence-electron chi connectivity index (χ2n) is 5.91. The quantitative estimate of drug-likeness (QED) is 0.910. The van der Waals surface area contributed by atoms with Crippen molar-refractivity contribution < 1.29 is 4.79 Å². The molecule has 0 radical (unpaired) electrons. The first-order chi connectivity index (χ1) is 10.7. The van der Waals surface area contributed by atoms with Crippen LogP contribution in [0.15, 0.2) is 48.5 Å². The minimum absolute atomic E-state index is 0.289. The second-order valence-corrected chi connectivity index (χ2v) is 5.91. The van der Waals surface area contributed by atoms with Gasteiger partial charge in [-0.3, -0.25) is 4.79 Å². The molecular weight excluding hydrogens is 272 g/mol. The number of rotatable bonds is 4. The highest BCUT2D eigenvalue weighted by atomic mass is 16.1. The summed E-state index contributed by atoms with van der Waals surface area (Å²) in [5.41, 5.74) is 10.5. The molecule has 3 N–H and O–H groups in total. The Bertz CT molecular complexity index is 652. The number of nitrogens with two attached hydrogens (primary N) is 1. The highest BCUT2D eigenvalue weighted by Gasteiger charge is 2.22. The molecule has 0 spiro atoms. The van der Waals surface area contributed by atoms with Gasteiger partial charge in [0.05, 0.1) is 0 Å². The second kappa shape index (κ2) is 6.75. The van der Waals surface area contributed by atoms with Gasteiger partial charge in [-0.05, 0) is 54.5 Å². The molecule has 114 valence electrons. The number of hydrogen-bond donors (Lipinski definition) is 2. The molecule has 1 unspecified atom stereocenters. The molecule has 3 rings (SSSR count). The standard InChI is InChI=1S/C19H22N2O/c20-19(22)18-17-13-15(9-8-14-5-2-1-3-6-14)10-11-16(17)7-4-12-21-18/h1-3,5-6,10-11,13,18,21H,4,7-9,12H2,(H2,20,22). The van der Waals surface area contributed by atoms with E-state index in [4.69, 9.17) is 5.73 Å². The zero-order chi connectivity index (χ0) is 15.4. The molecule has 2 aromatic carbocycles. The highest BCUT2D eigenvalue weighted by molar-refractivity contribution is 5.82. The summed E-state index contributed by atoms with van der Waals surface area (Å²) < 4.78 is 0. The van der Waals surface area contributed by atoms with E-state index in [0.717, 1.165) is 37.8 Å². The molecule has 1 heterocycles. The summed E-state index contributed by atoms with van der Waals surface area (Å²) in [6.07, 6.45) is 4.03. The fourth-order valence-corrected chi connectivity index (χ4v) is 3.12. The first-order valence-corrected chi connectivity index (χ1v) is 7.92. The number of carbonyl (C=O) groups excluding carboxylic acids is 1. The molecule has 1 atom stereocenters. The lowest BCUT2D eigenvalue weighted by Crippen LogP contribution is -2.33. The van der Waals surface area contributed by atoms with Crippen LogP contribution in [0.4, 0.5) is 0 Å². The first-order valence-electron chi connectivity index (χ1n) is 7.92. The molecule has 3 nitrogen and oxygen atoms in total. The van der Waals surface area contributed by atoms with Gasteiger partial charge < -0.3 is 11.1 Å². The number of fused-ring (bicyclic) bond motifs is 1. The van der Waals surface area contributed by atoms with Gasteiger partial charge in [-0.25, -0.2) is 0 Å². The largest absolute Gasteiger partial charge is 0.368 e. The maximum Gasteiger partial charge on any atom is 0.239 e. The Morgan fingerprint density at radius 1 is 1.09 bits per heavy atom. The summed E-state index contributed by atoms with van der Waals surface area (Å²) >= 11 is 0. The van der Waals surface area contributed by atoms with E-state index in [9.17, 15) is 4.79 Å². The van der Waals surface area contributed by atoms with Crippen molar-refractivity contribution in [2.45, 2.75) is 31.7 Å². The smallest absolute Gasteiger partial charge is 0.239 e. The molecule has 2 aromatic rings. The Morgan fingerprint density at radius 2 is 1.86 bits per heavy atom. The summed E-state index contributed by atoms with van der Waals surface area (Å²) in [6.45, 7) is 0.835. The third-order valence-corrected chi connectivity index (χ3v) is 4.32. The number of amides is 1. The van der Waals surface area contributed by atoms with Gasteiger partial charge in [-0.15, -0.1) is 0 Å². The summed E-state index contributed by atoms with van der Waals surface area (Å²) in [5.74, 6) is -0.289. The van der Waals surface area contributed by atoms with Crippen LogP contribution in [0.3, 0.4) is 0 Å².